The minimum atomic E-state index is -0.602. The molecular weight excluding hydrogens is 284 g/mol. The molecule has 20 heavy (non-hydrogen) atoms. The molecule has 7 nitrogen and oxygen atoms in total. The smallest absolute Gasteiger partial charge is 0.287 e. The van der Waals surface area contributed by atoms with Crippen LogP contribution in [0.3, 0.4) is 0 Å². The summed E-state index contributed by atoms with van der Waals surface area (Å²) in [5, 5.41) is 17.2. The zero-order valence-corrected chi connectivity index (χ0v) is 11.3. The van der Waals surface area contributed by atoms with Crippen molar-refractivity contribution < 1.29 is 9.72 Å². The number of aromatic nitrogens is 2. The van der Waals surface area contributed by atoms with Crippen molar-refractivity contribution in [2.24, 2.45) is 0 Å². The van der Waals surface area contributed by atoms with Gasteiger partial charge in [-0.1, -0.05) is 11.6 Å². The van der Waals surface area contributed by atoms with Gasteiger partial charge in [0.15, 0.2) is 0 Å². The largest absolute Gasteiger partial charge is 0.319 e. The Morgan fingerprint density at radius 2 is 2.30 bits per heavy atom. The monoisotopic (exact) mass is 294 g/mol. The van der Waals surface area contributed by atoms with E-state index in [0.29, 0.717) is 12.2 Å². The first-order valence-corrected chi connectivity index (χ1v) is 6.16. The van der Waals surface area contributed by atoms with Gasteiger partial charge in [-0.25, -0.2) is 0 Å². The molecule has 2 rings (SSSR count). The minimum absolute atomic E-state index is 0.0769. The molecule has 0 saturated heterocycles. The number of amides is 1. The van der Waals surface area contributed by atoms with Crippen molar-refractivity contribution in [2.45, 2.75) is 13.5 Å². The van der Waals surface area contributed by atoms with E-state index in [4.69, 9.17) is 11.6 Å². The Labute approximate surface area is 119 Å². The molecule has 104 valence electrons. The van der Waals surface area contributed by atoms with Crippen molar-refractivity contribution in [3.05, 3.63) is 51.3 Å². The second-order valence-corrected chi connectivity index (χ2v) is 4.37. The number of carbonyl (C=O) groups excluding carboxylic acids is 1. The Balaban J connectivity index is 2.17. The van der Waals surface area contributed by atoms with Gasteiger partial charge in [-0.3, -0.25) is 19.6 Å². The lowest BCUT2D eigenvalue weighted by molar-refractivity contribution is -0.384. The molecule has 1 heterocycles. The van der Waals surface area contributed by atoms with Gasteiger partial charge in [0.2, 0.25) is 0 Å². The summed E-state index contributed by atoms with van der Waals surface area (Å²) in [6.45, 7) is 2.62. The number of halogens is 1. The van der Waals surface area contributed by atoms with Crippen LogP contribution in [0.1, 0.15) is 17.3 Å². The Bertz CT molecular complexity index is 668. The fraction of sp³-hybridized carbons (Fsp3) is 0.167. The molecule has 1 aromatic carbocycles. The van der Waals surface area contributed by atoms with E-state index in [-0.39, 0.29) is 16.3 Å². The number of hydrogen-bond acceptors (Lipinski definition) is 4. The summed E-state index contributed by atoms with van der Waals surface area (Å²) in [6.07, 6.45) is 3.21. The number of aryl methyl sites for hydroxylation is 1. The van der Waals surface area contributed by atoms with Gasteiger partial charge in [-0.15, -0.1) is 0 Å². The van der Waals surface area contributed by atoms with Gasteiger partial charge in [0.05, 0.1) is 16.8 Å². The van der Waals surface area contributed by atoms with E-state index < -0.39 is 10.8 Å². The van der Waals surface area contributed by atoms with Crippen LogP contribution in [0.4, 0.5) is 11.4 Å². The number of anilines is 1. The van der Waals surface area contributed by atoms with Gasteiger partial charge in [0.25, 0.3) is 11.6 Å². The number of hydrogen-bond donors (Lipinski definition) is 1. The van der Waals surface area contributed by atoms with Crippen LogP contribution < -0.4 is 5.32 Å². The van der Waals surface area contributed by atoms with Crippen molar-refractivity contribution in [3.8, 4) is 0 Å². The van der Waals surface area contributed by atoms with Gasteiger partial charge in [0.1, 0.15) is 5.02 Å². The highest BCUT2D eigenvalue weighted by Gasteiger charge is 2.15. The van der Waals surface area contributed by atoms with E-state index in [2.05, 4.69) is 10.4 Å². The third-order valence-corrected chi connectivity index (χ3v) is 2.92. The Hall–Kier alpha value is -2.41. The molecule has 0 fully saturated rings. The molecule has 2 aromatic rings. The minimum Gasteiger partial charge on any atom is -0.319 e. The number of rotatable bonds is 4. The number of carbonyl (C=O) groups is 1. The lowest BCUT2D eigenvalue weighted by atomic mass is 10.2. The molecule has 0 saturated carbocycles. The summed E-state index contributed by atoms with van der Waals surface area (Å²) in [7, 11) is 0. The van der Waals surface area contributed by atoms with E-state index in [9.17, 15) is 14.9 Å². The molecule has 0 aliphatic rings. The number of benzene rings is 1. The Kier molecular flexibility index (Phi) is 3.99. The predicted molar refractivity (Wildman–Crippen MR) is 74.0 cm³/mol. The Morgan fingerprint density at radius 1 is 1.55 bits per heavy atom. The second kappa shape index (κ2) is 5.70. The molecule has 8 heteroatoms. The van der Waals surface area contributed by atoms with Crippen LogP contribution in [-0.4, -0.2) is 20.6 Å². The molecule has 1 N–H and O–H groups in total. The van der Waals surface area contributed by atoms with Crippen molar-refractivity contribution in [1.29, 1.82) is 0 Å². The highest BCUT2D eigenvalue weighted by molar-refractivity contribution is 6.33. The topological polar surface area (TPSA) is 90.1 Å². The lowest BCUT2D eigenvalue weighted by Crippen LogP contribution is -2.11. The summed E-state index contributed by atoms with van der Waals surface area (Å²) < 4.78 is 1.67. The average Bonchev–Trinajstić information content (AvgIpc) is 2.85. The van der Waals surface area contributed by atoms with E-state index in [1.165, 1.54) is 24.4 Å². The van der Waals surface area contributed by atoms with Crippen LogP contribution in [0, 0.1) is 10.1 Å². The standard InChI is InChI=1S/C12H11ClN4O3/c1-2-16-7-9(6-14-16)15-12(18)8-3-4-11(17(19)20)10(13)5-8/h3-7H,2H2,1H3,(H,15,18). The summed E-state index contributed by atoms with van der Waals surface area (Å²) in [5.41, 5.74) is 0.554. The lowest BCUT2D eigenvalue weighted by Gasteiger charge is -2.03. The van der Waals surface area contributed by atoms with Gasteiger partial charge in [-0.2, -0.15) is 5.10 Å². The first kappa shape index (κ1) is 14.0. The number of nitro groups is 1. The molecule has 0 aliphatic carbocycles. The zero-order valence-electron chi connectivity index (χ0n) is 10.5. The average molecular weight is 295 g/mol. The zero-order chi connectivity index (χ0) is 14.7. The molecule has 1 amide bonds. The Morgan fingerprint density at radius 3 is 2.85 bits per heavy atom. The SMILES string of the molecule is CCn1cc(NC(=O)c2ccc([N+](=O)[O-])c(Cl)c2)cn1. The van der Waals surface area contributed by atoms with Crippen molar-refractivity contribution in [2.75, 3.05) is 5.32 Å². The molecule has 0 aliphatic heterocycles. The van der Waals surface area contributed by atoms with Crippen LogP contribution in [0.15, 0.2) is 30.6 Å². The molecule has 0 bridgehead atoms. The van der Waals surface area contributed by atoms with Crippen LogP contribution in [-0.2, 0) is 6.54 Å². The maximum Gasteiger partial charge on any atom is 0.287 e. The summed E-state index contributed by atoms with van der Waals surface area (Å²) in [5.74, 6) is -0.405. The van der Waals surface area contributed by atoms with E-state index in [0.717, 1.165) is 0 Å². The number of nitrogens with zero attached hydrogens (tertiary/aromatic N) is 3. The molecule has 0 atom stereocenters. The van der Waals surface area contributed by atoms with Gasteiger partial charge < -0.3 is 5.32 Å². The second-order valence-electron chi connectivity index (χ2n) is 3.96. The fourth-order valence-corrected chi connectivity index (χ4v) is 1.85. The summed E-state index contributed by atoms with van der Waals surface area (Å²) >= 11 is 5.76. The number of nitro benzene ring substituents is 1. The van der Waals surface area contributed by atoms with Gasteiger partial charge in [0, 0.05) is 24.4 Å². The third-order valence-electron chi connectivity index (χ3n) is 2.62. The molecule has 0 spiro atoms. The summed E-state index contributed by atoms with van der Waals surface area (Å²) in [6, 6.07) is 3.82. The molecule has 0 unspecified atom stereocenters. The highest BCUT2D eigenvalue weighted by Crippen LogP contribution is 2.25. The molecular formula is C12H11ClN4O3. The predicted octanol–water partition coefficient (Wildman–Crippen LogP) is 2.72. The van der Waals surface area contributed by atoms with Crippen molar-refractivity contribution >= 4 is 28.9 Å². The first-order valence-electron chi connectivity index (χ1n) is 5.79. The van der Waals surface area contributed by atoms with E-state index in [1.807, 2.05) is 6.92 Å². The van der Waals surface area contributed by atoms with Crippen molar-refractivity contribution in [1.82, 2.24) is 9.78 Å². The van der Waals surface area contributed by atoms with E-state index in [1.54, 1.807) is 10.9 Å². The number of nitrogens with one attached hydrogen (secondary N) is 1. The van der Waals surface area contributed by atoms with Crippen LogP contribution >= 0.6 is 11.6 Å². The molecule has 1 aromatic heterocycles. The summed E-state index contributed by atoms with van der Waals surface area (Å²) in [4.78, 5) is 22.0. The first-order chi connectivity index (χ1) is 9.51. The van der Waals surface area contributed by atoms with Gasteiger partial charge >= 0.3 is 0 Å². The highest BCUT2D eigenvalue weighted by atomic mass is 35.5. The van der Waals surface area contributed by atoms with Gasteiger partial charge in [-0.05, 0) is 19.1 Å². The van der Waals surface area contributed by atoms with Crippen molar-refractivity contribution in [3.63, 3.8) is 0 Å². The van der Waals surface area contributed by atoms with Crippen LogP contribution in [0.25, 0.3) is 0 Å². The van der Waals surface area contributed by atoms with E-state index >= 15 is 0 Å². The maximum absolute atomic E-state index is 12.0. The van der Waals surface area contributed by atoms with Crippen LogP contribution in [0.2, 0.25) is 5.02 Å². The third kappa shape index (κ3) is 2.94. The molecule has 0 radical (unpaired) electrons. The normalized spacial score (nSPS) is 10.3. The maximum atomic E-state index is 12.0. The quantitative estimate of drug-likeness (QED) is 0.693. The van der Waals surface area contributed by atoms with Crippen LogP contribution in [0.5, 0.6) is 0 Å². The fourth-order valence-electron chi connectivity index (χ4n) is 1.60.